The van der Waals surface area contributed by atoms with Gasteiger partial charge in [0.05, 0.1) is 33.1 Å². The minimum absolute atomic E-state index is 0.00977. The number of methoxy groups -OCH3 is 3. The van der Waals surface area contributed by atoms with Gasteiger partial charge in [0, 0.05) is 55.5 Å². The number of hydrogen-bond donors (Lipinski definition) is 4. The van der Waals surface area contributed by atoms with Crippen molar-refractivity contribution >= 4 is 34.3 Å². The topological polar surface area (TPSA) is 151 Å². The molecule has 2 aliphatic rings. The lowest BCUT2D eigenvalue weighted by molar-refractivity contribution is -0.122. The molecule has 280 valence electrons. The molecule has 3 aromatic carbocycles. The molecule has 1 atom stereocenters. The number of aromatic nitrogens is 1. The fourth-order valence-electron chi connectivity index (χ4n) is 7.55. The third-order valence-electron chi connectivity index (χ3n) is 10.2. The van der Waals surface area contributed by atoms with Crippen molar-refractivity contribution in [2.75, 3.05) is 46.3 Å². The number of nitrogens with zero attached hydrogens (tertiary/aromatic N) is 1. The minimum Gasteiger partial charge on any atom is -0.493 e. The van der Waals surface area contributed by atoms with Crippen LogP contribution in [0.2, 0.25) is 0 Å². The Hall–Kier alpha value is -5.52. The Morgan fingerprint density at radius 1 is 0.868 bits per heavy atom. The monoisotopic (exact) mass is 723 g/mol. The average molecular weight is 724 g/mol. The van der Waals surface area contributed by atoms with E-state index in [9.17, 15) is 19.2 Å². The molecule has 0 radical (unpaired) electrons. The second-order valence-corrected chi connectivity index (χ2v) is 13.7. The van der Waals surface area contributed by atoms with E-state index in [-0.39, 0.29) is 35.2 Å². The number of nitrogens with one attached hydrogen (secondary N) is 4. The van der Waals surface area contributed by atoms with Crippen molar-refractivity contribution in [3.8, 4) is 28.4 Å². The fraction of sp³-hybridized carbons (Fsp3) is 0.415. The average Bonchev–Trinajstić information content (AvgIpc) is 3.46. The molecule has 12 nitrogen and oxygen atoms in total. The SMILES string of the molecule is COc1cc2c(c(OC)c1OC)-c1ccc(NCCCCCC(=O)NC3CCN(C(=O)c4cc5ccccc5[nH]4)CC3)c(=O)cc1[C@@H](NC(C)=O)CC2. The van der Waals surface area contributed by atoms with Crippen LogP contribution in [0.3, 0.4) is 0 Å². The molecule has 1 fully saturated rings. The summed E-state index contributed by atoms with van der Waals surface area (Å²) < 4.78 is 17.1. The number of para-hydroxylation sites is 1. The third-order valence-corrected chi connectivity index (χ3v) is 10.2. The number of piperidine rings is 1. The standard InChI is InChI=1S/C41H49N5O7/c1-25(47)43-32-15-13-27-23-36(51-2)39(52-3)40(53-4)38(27)29-14-16-33(35(48)24-30(29)32)42-19-9-5-6-12-37(49)44-28-17-20-46(21-18-28)41(50)34-22-26-10-7-8-11-31(26)45-34/h7-8,10-11,14,16,22-24,28,32,45H,5-6,9,12-13,15,17-21H2,1-4H3,(H,42,48)(H,43,47)(H,44,49)/t32-/m0/s1. The van der Waals surface area contributed by atoms with Gasteiger partial charge in [0.15, 0.2) is 11.5 Å². The highest BCUT2D eigenvalue weighted by Crippen LogP contribution is 2.50. The molecule has 3 amide bonds. The van der Waals surface area contributed by atoms with Gasteiger partial charge in [-0.1, -0.05) is 30.7 Å². The molecule has 0 saturated carbocycles. The van der Waals surface area contributed by atoms with Crippen molar-refractivity contribution in [2.24, 2.45) is 0 Å². The molecule has 6 rings (SSSR count). The van der Waals surface area contributed by atoms with Crippen LogP contribution < -0.4 is 35.6 Å². The first-order chi connectivity index (χ1) is 25.7. The Bertz CT molecular complexity index is 2000. The van der Waals surface area contributed by atoms with Crippen LogP contribution in [-0.4, -0.2) is 74.6 Å². The van der Waals surface area contributed by atoms with E-state index >= 15 is 0 Å². The molecule has 53 heavy (non-hydrogen) atoms. The van der Waals surface area contributed by atoms with E-state index in [1.165, 1.54) is 6.92 Å². The molecule has 12 heteroatoms. The number of fused-ring (bicyclic) bond motifs is 4. The maximum Gasteiger partial charge on any atom is 0.270 e. The van der Waals surface area contributed by atoms with Gasteiger partial charge in [-0.05, 0) is 85.5 Å². The van der Waals surface area contributed by atoms with Crippen molar-refractivity contribution in [1.29, 1.82) is 0 Å². The molecule has 0 spiro atoms. The van der Waals surface area contributed by atoms with Gasteiger partial charge in [0.1, 0.15) is 5.69 Å². The molecule has 1 aromatic heterocycles. The molecule has 0 unspecified atom stereocenters. The first kappa shape index (κ1) is 37.2. The van der Waals surface area contributed by atoms with Crippen LogP contribution in [0, 0.1) is 0 Å². The lowest BCUT2D eigenvalue weighted by Gasteiger charge is -2.32. The number of likely N-dealkylation sites (tertiary alicyclic amines) is 1. The van der Waals surface area contributed by atoms with Gasteiger partial charge >= 0.3 is 0 Å². The number of unbranched alkanes of at least 4 members (excludes halogenated alkanes) is 2. The molecular formula is C41H49N5O7. The lowest BCUT2D eigenvalue weighted by atomic mass is 9.95. The van der Waals surface area contributed by atoms with Gasteiger partial charge in [0.25, 0.3) is 5.91 Å². The number of rotatable bonds is 13. The number of ether oxygens (including phenoxy) is 3. The molecule has 2 heterocycles. The summed E-state index contributed by atoms with van der Waals surface area (Å²) in [6.45, 7) is 3.24. The molecule has 1 aliphatic carbocycles. The number of aromatic amines is 1. The second kappa shape index (κ2) is 16.9. The van der Waals surface area contributed by atoms with Crippen LogP contribution >= 0.6 is 0 Å². The minimum atomic E-state index is -0.379. The lowest BCUT2D eigenvalue weighted by Crippen LogP contribution is -2.46. The molecule has 1 saturated heterocycles. The van der Waals surface area contributed by atoms with Crippen molar-refractivity contribution in [3.05, 3.63) is 81.6 Å². The maximum atomic E-state index is 13.6. The van der Waals surface area contributed by atoms with Crippen LogP contribution in [-0.2, 0) is 16.0 Å². The quantitative estimate of drug-likeness (QED) is 0.128. The van der Waals surface area contributed by atoms with E-state index in [4.69, 9.17) is 14.2 Å². The molecule has 1 aliphatic heterocycles. The summed E-state index contributed by atoms with van der Waals surface area (Å²) in [5.74, 6) is 1.34. The number of carbonyl (C=O) groups is 3. The van der Waals surface area contributed by atoms with Crippen LogP contribution in [0.1, 0.15) is 79.5 Å². The van der Waals surface area contributed by atoms with Gasteiger partial charge < -0.3 is 40.0 Å². The van der Waals surface area contributed by atoms with E-state index < -0.39 is 0 Å². The summed E-state index contributed by atoms with van der Waals surface area (Å²) in [6, 6.07) is 16.6. The molecular weight excluding hydrogens is 674 g/mol. The summed E-state index contributed by atoms with van der Waals surface area (Å²) in [6.07, 6.45) is 5.41. The van der Waals surface area contributed by atoms with E-state index in [1.807, 2.05) is 47.4 Å². The van der Waals surface area contributed by atoms with Gasteiger partial charge in [0.2, 0.25) is 23.0 Å². The highest BCUT2D eigenvalue weighted by atomic mass is 16.5. The first-order valence-corrected chi connectivity index (χ1v) is 18.4. The number of H-pyrrole nitrogens is 1. The van der Waals surface area contributed by atoms with Gasteiger partial charge in [-0.2, -0.15) is 0 Å². The summed E-state index contributed by atoms with van der Waals surface area (Å²) in [5.41, 5.74) is 5.06. The van der Waals surface area contributed by atoms with Crippen molar-refractivity contribution < 1.29 is 28.6 Å². The fourth-order valence-corrected chi connectivity index (χ4v) is 7.55. The molecule has 4 N–H and O–H groups in total. The summed E-state index contributed by atoms with van der Waals surface area (Å²) in [4.78, 5) is 56.6. The van der Waals surface area contributed by atoms with Crippen LogP contribution in [0.25, 0.3) is 22.0 Å². The molecule has 4 aromatic rings. The Morgan fingerprint density at radius 3 is 2.36 bits per heavy atom. The maximum absolute atomic E-state index is 13.6. The van der Waals surface area contributed by atoms with Gasteiger partial charge in [-0.3, -0.25) is 19.2 Å². The van der Waals surface area contributed by atoms with E-state index in [1.54, 1.807) is 33.5 Å². The van der Waals surface area contributed by atoms with E-state index in [0.717, 1.165) is 59.7 Å². The summed E-state index contributed by atoms with van der Waals surface area (Å²) in [7, 11) is 4.71. The van der Waals surface area contributed by atoms with Gasteiger partial charge in [-0.15, -0.1) is 0 Å². The third kappa shape index (κ3) is 8.42. The number of aryl methyl sites for hydroxylation is 1. The zero-order valence-corrected chi connectivity index (χ0v) is 30.9. The smallest absolute Gasteiger partial charge is 0.270 e. The highest BCUT2D eigenvalue weighted by Gasteiger charge is 2.30. The Kier molecular flexibility index (Phi) is 11.9. The Labute approximate surface area is 309 Å². The predicted molar refractivity (Wildman–Crippen MR) is 205 cm³/mol. The van der Waals surface area contributed by atoms with Crippen LogP contribution in [0.4, 0.5) is 5.69 Å². The zero-order valence-electron chi connectivity index (χ0n) is 30.9. The number of benzene rings is 2. The summed E-state index contributed by atoms with van der Waals surface area (Å²) in [5, 5.41) is 10.5. The van der Waals surface area contributed by atoms with Crippen molar-refractivity contribution in [2.45, 2.75) is 70.4 Å². The normalized spacial score (nSPS) is 15.5. The van der Waals surface area contributed by atoms with E-state index in [2.05, 4.69) is 20.9 Å². The summed E-state index contributed by atoms with van der Waals surface area (Å²) >= 11 is 0. The largest absolute Gasteiger partial charge is 0.493 e. The predicted octanol–water partition coefficient (Wildman–Crippen LogP) is 5.74. The van der Waals surface area contributed by atoms with Crippen LogP contribution in [0.5, 0.6) is 17.2 Å². The van der Waals surface area contributed by atoms with E-state index in [0.29, 0.717) is 73.1 Å². The number of hydrogen-bond acceptors (Lipinski definition) is 8. The van der Waals surface area contributed by atoms with Gasteiger partial charge in [-0.25, -0.2) is 0 Å². The number of anilines is 1. The number of carbonyl (C=O) groups excluding carboxylic acids is 3. The van der Waals surface area contributed by atoms with Crippen molar-refractivity contribution in [3.63, 3.8) is 0 Å². The first-order valence-electron chi connectivity index (χ1n) is 18.4. The Morgan fingerprint density at radius 2 is 1.64 bits per heavy atom. The van der Waals surface area contributed by atoms with Crippen LogP contribution in [0.15, 0.2) is 59.4 Å². The van der Waals surface area contributed by atoms with Crippen molar-refractivity contribution in [1.82, 2.24) is 20.5 Å². The molecule has 0 bridgehead atoms. The zero-order chi connectivity index (χ0) is 37.5. The Balaban J connectivity index is 1.01. The highest BCUT2D eigenvalue weighted by molar-refractivity contribution is 5.98. The second-order valence-electron chi connectivity index (χ2n) is 13.7. The number of amides is 3.